The first-order chi connectivity index (χ1) is 6.10. The van der Waals surface area contributed by atoms with Crippen LogP contribution in [0.3, 0.4) is 0 Å². The minimum Gasteiger partial charge on any atom is -0.469 e. The quantitative estimate of drug-likeness (QED) is 0.492. The summed E-state index contributed by atoms with van der Waals surface area (Å²) in [7, 11) is 1.15. The molecule has 6 nitrogen and oxygen atoms in total. The Labute approximate surface area is 75.2 Å². The van der Waals surface area contributed by atoms with Crippen LogP contribution in [0.5, 0.6) is 0 Å². The van der Waals surface area contributed by atoms with Gasteiger partial charge in [0.2, 0.25) is 5.91 Å². The van der Waals surface area contributed by atoms with E-state index in [0.29, 0.717) is 0 Å². The van der Waals surface area contributed by atoms with Crippen molar-refractivity contribution in [3.63, 3.8) is 0 Å². The van der Waals surface area contributed by atoms with Crippen molar-refractivity contribution < 1.29 is 23.9 Å². The van der Waals surface area contributed by atoms with E-state index in [1.54, 1.807) is 6.92 Å². The van der Waals surface area contributed by atoms with Crippen LogP contribution in [0.1, 0.15) is 13.3 Å². The van der Waals surface area contributed by atoms with Gasteiger partial charge in [0.25, 0.3) is 0 Å². The lowest BCUT2D eigenvalue weighted by molar-refractivity contribution is -0.143. The summed E-state index contributed by atoms with van der Waals surface area (Å²) in [6.45, 7) is 1.77. The van der Waals surface area contributed by atoms with E-state index in [9.17, 15) is 14.4 Å². The minimum absolute atomic E-state index is 0.164. The van der Waals surface area contributed by atoms with Gasteiger partial charge in [-0.2, -0.15) is 0 Å². The lowest BCUT2D eigenvalue weighted by atomic mass is 10.4. The van der Waals surface area contributed by atoms with Gasteiger partial charge in [0, 0.05) is 0 Å². The van der Waals surface area contributed by atoms with E-state index in [1.165, 1.54) is 0 Å². The maximum atomic E-state index is 10.8. The lowest BCUT2D eigenvalue weighted by Crippen LogP contribution is -2.32. The van der Waals surface area contributed by atoms with Crippen molar-refractivity contribution in [2.45, 2.75) is 13.3 Å². The van der Waals surface area contributed by atoms with Crippen LogP contribution in [0.25, 0.3) is 0 Å². The van der Waals surface area contributed by atoms with Gasteiger partial charge in [0.1, 0.15) is 6.42 Å². The summed E-state index contributed by atoms with van der Waals surface area (Å²) in [6.07, 6.45) is -1.36. The molecule has 0 spiro atoms. The number of amides is 2. The SMILES string of the molecule is CCOC(=O)NC(=O)CC(=O)OC. The predicted molar refractivity (Wildman–Crippen MR) is 41.8 cm³/mol. The molecule has 0 radical (unpaired) electrons. The zero-order chi connectivity index (χ0) is 10.3. The number of esters is 1. The molecule has 0 unspecified atom stereocenters. The van der Waals surface area contributed by atoms with Crippen LogP contribution in [0.15, 0.2) is 0 Å². The Kier molecular flexibility index (Phi) is 5.25. The summed E-state index contributed by atoms with van der Waals surface area (Å²) in [4.78, 5) is 31.9. The van der Waals surface area contributed by atoms with Crippen molar-refractivity contribution >= 4 is 18.0 Å². The zero-order valence-electron chi connectivity index (χ0n) is 7.46. The Bertz CT molecular complexity index is 213. The van der Waals surface area contributed by atoms with Crippen LogP contribution < -0.4 is 5.32 Å². The number of hydrogen-bond donors (Lipinski definition) is 1. The monoisotopic (exact) mass is 189 g/mol. The van der Waals surface area contributed by atoms with Crippen LogP contribution >= 0.6 is 0 Å². The second kappa shape index (κ2) is 5.99. The van der Waals surface area contributed by atoms with E-state index in [0.717, 1.165) is 7.11 Å². The summed E-state index contributed by atoms with van der Waals surface area (Å²) < 4.78 is 8.62. The molecular weight excluding hydrogens is 178 g/mol. The third-order valence-electron chi connectivity index (χ3n) is 1.05. The van der Waals surface area contributed by atoms with Gasteiger partial charge in [0.05, 0.1) is 13.7 Å². The lowest BCUT2D eigenvalue weighted by Gasteiger charge is -2.02. The van der Waals surface area contributed by atoms with E-state index in [2.05, 4.69) is 9.47 Å². The number of imide groups is 1. The Hall–Kier alpha value is -1.59. The largest absolute Gasteiger partial charge is 0.469 e. The highest BCUT2D eigenvalue weighted by Crippen LogP contribution is 1.85. The van der Waals surface area contributed by atoms with Gasteiger partial charge in [0.15, 0.2) is 0 Å². The molecule has 0 rings (SSSR count). The van der Waals surface area contributed by atoms with Gasteiger partial charge in [-0.1, -0.05) is 0 Å². The highest BCUT2D eigenvalue weighted by atomic mass is 16.5. The smallest absolute Gasteiger partial charge is 0.413 e. The van der Waals surface area contributed by atoms with Gasteiger partial charge >= 0.3 is 12.1 Å². The number of methoxy groups -OCH3 is 1. The average molecular weight is 189 g/mol. The normalized spacial score (nSPS) is 8.77. The topological polar surface area (TPSA) is 81.7 Å². The van der Waals surface area contributed by atoms with Crippen LogP contribution in [0.2, 0.25) is 0 Å². The molecule has 1 N–H and O–H groups in total. The van der Waals surface area contributed by atoms with Crippen molar-refractivity contribution in [3.8, 4) is 0 Å². The van der Waals surface area contributed by atoms with Crippen molar-refractivity contribution in [1.82, 2.24) is 5.32 Å². The second-order valence-corrected chi connectivity index (χ2v) is 2.02. The van der Waals surface area contributed by atoms with Gasteiger partial charge in [-0.3, -0.25) is 14.9 Å². The second-order valence-electron chi connectivity index (χ2n) is 2.02. The molecule has 13 heavy (non-hydrogen) atoms. The van der Waals surface area contributed by atoms with Crippen LogP contribution in [0, 0.1) is 0 Å². The van der Waals surface area contributed by atoms with E-state index in [-0.39, 0.29) is 6.61 Å². The molecule has 0 aliphatic carbocycles. The Morgan fingerprint density at radius 2 is 1.92 bits per heavy atom. The van der Waals surface area contributed by atoms with Crippen LogP contribution in [-0.2, 0) is 19.1 Å². The van der Waals surface area contributed by atoms with E-state index >= 15 is 0 Å². The molecule has 0 bridgehead atoms. The van der Waals surface area contributed by atoms with E-state index in [1.807, 2.05) is 5.32 Å². The molecule has 74 valence electrons. The highest BCUT2D eigenvalue weighted by Gasteiger charge is 2.12. The number of carbonyl (C=O) groups excluding carboxylic acids is 3. The third kappa shape index (κ3) is 5.66. The van der Waals surface area contributed by atoms with E-state index < -0.39 is 24.4 Å². The van der Waals surface area contributed by atoms with Gasteiger partial charge in [-0.15, -0.1) is 0 Å². The molecule has 0 atom stereocenters. The summed E-state index contributed by atoms with van der Waals surface area (Å²) >= 11 is 0. The van der Waals surface area contributed by atoms with Gasteiger partial charge in [-0.05, 0) is 6.92 Å². The van der Waals surface area contributed by atoms with Crippen molar-refractivity contribution in [1.29, 1.82) is 0 Å². The fourth-order valence-electron chi connectivity index (χ4n) is 0.528. The molecule has 0 aliphatic rings. The van der Waals surface area contributed by atoms with Gasteiger partial charge < -0.3 is 9.47 Å². The van der Waals surface area contributed by atoms with Crippen LogP contribution in [0.4, 0.5) is 4.79 Å². The molecule has 6 heteroatoms. The summed E-state index contributed by atoms with van der Waals surface area (Å²) in [5.74, 6) is -1.45. The molecule has 0 aromatic carbocycles. The molecule has 0 aliphatic heterocycles. The van der Waals surface area contributed by atoms with Crippen molar-refractivity contribution in [3.05, 3.63) is 0 Å². The summed E-state index contributed by atoms with van der Waals surface area (Å²) in [5, 5.41) is 1.85. The average Bonchev–Trinajstić information content (AvgIpc) is 2.04. The number of rotatable bonds is 3. The third-order valence-corrected chi connectivity index (χ3v) is 1.05. The summed E-state index contributed by atoms with van der Waals surface area (Å²) in [6, 6.07) is 0. The summed E-state index contributed by atoms with van der Waals surface area (Å²) in [5.41, 5.74) is 0. The first kappa shape index (κ1) is 11.4. The number of hydrogen-bond acceptors (Lipinski definition) is 5. The Morgan fingerprint density at radius 1 is 1.31 bits per heavy atom. The molecule has 0 aromatic heterocycles. The molecule has 2 amide bonds. The van der Waals surface area contributed by atoms with E-state index in [4.69, 9.17) is 0 Å². The maximum Gasteiger partial charge on any atom is 0.413 e. The Balaban J connectivity index is 3.74. The number of ether oxygens (including phenoxy) is 2. The number of carbonyl (C=O) groups is 3. The first-order valence-electron chi connectivity index (χ1n) is 3.63. The number of alkyl carbamates (subject to hydrolysis) is 1. The maximum absolute atomic E-state index is 10.8. The molecule has 0 heterocycles. The van der Waals surface area contributed by atoms with Crippen molar-refractivity contribution in [2.24, 2.45) is 0 Å². The Morgan fingerprint density at radius 3 is 2.38 bits per heavy atom. The van der Waals surface area contributed by atoms with Crippen molar-refractivity contribution in [2.75, 3.05) is 13.7 Å². The fourth-order valence-corrected chi connectivity index (χ4v) is 0.528. The molecule has 0 aromatic rings. The predicted octanol–water partition coefficient (Wildman–Crippen LogP) is -0.178. The standard InChI is InChI=1S/C7H11NO5/c1-3-13-7(11)8-5(9)4-6(10)12-2/h3-4H2,1-2H3,(H,8,9,11). The fraction of sp³-hybridized carbons (Fsp3) is 0.571. The van der Waals surface area contributed by atoms with Crippen LogP contribution in [-0.4, -0.2) is 31.7 Å². The number of nitrogens with one attached hydrogen (secondary N) is 1. The molecule has 0 fully saturated rings. The minimum atomic E-state index is -0.864. The zero-order valence-corrected chi connectivity index (χ0v) is 7.46. The first-order valence-corrected chi connectivity index (χ1v) is 3.63. The highest BCUT2D eigenvalue weighted by molar-refractivity contribution is 6.00. The van der Waals surface area contributed by atoms with Gasteiger partial charge in [-0.25, -0.2) is 4.79 Å². The molecule has 0 saturated heterocycles. The molecule has 0 saturated carbocycles. The molecular formula is C7H11NO5.